The van der Waals surface area contributed by atoms with Crippen LogP contribution in [0, 0.1) is 0 Å². The quantitative estimate of drug-likeness (QED) is 0.574. The van der Waals surface area contributed by atoms with E-state index < -0.39 is 18.0 Å². The summed E-state index contributed by atoms with van der Waals surface area (Å²) in [7, 11) is 0. The van der Waals surface area contributed by atoms with E-state index in [2.05, 4.69) is 15.3 Å². The third kappa shape index (κ3) is 4.38. The van der Waals surface area contributed by atoms with Crippen LogP contribution in [0.25, 0.3) is 11.1 Å². The van der Waals surface area contributed by atoms with Crippen molar-refractivity contribution >= 4 is 11.8 Å². The lowest BCUT2D eigenvalue weighted by molar-refractivity contribution is -0.145. The number of aromatic carboxylic acids is 1. The number of aryl methyl sites for hydroxylation is 1. The maximum atomic E-state index is 13.3. The zero-order valence-corrected chi connectivity index (χ0v) is 16.5. The molecule has 0 saturated heterocycles. The number of alkyl halides is 3. The van der Waals surface area contributed by atoms with Crippen LogP contribution in [-0.2, 0) is 25.6 Å². The van der Waals surface area contributed by atoms with Crippen LogP contribution in [0.2, 0.25) is 0 Å². The van der Waals surface area contributed by atoms with Crippen molar-refractivity contribution in [2.75, 3.05) is 5.32 Å². The molecule has 0 atom stereocenters. The molecule has 1 aromatic heterocycles. The third-order valence-electron chi connectivity index (χ3n) is 5.33. The maximum absolute atomic E-state index is 13.3. The average molecular weight is 427 g/mol. The molecule has 0 unspecified atom stereocenters. The molecule has 4 rings (SSSR count). The van der Waals surface area contributed by atoms with E-state index in [9.17, 15) is 23.1 Å². The molecule has 0 saturated carbocycles. The lowest BCUT2D eigenvalue weighted by Gasteiger charge is -2.21. The normalized spacial score (nSPS) is 13.5. The fourth-order valence-electron chi connectivity index (χ4n) is 3.90. The molecule has 1 aliphatic carbocycles. The molecule has 0 amide bonds. The van der Waals surface area contributed by atoms with Gasteiger partial charge in [0.15, 0.2) is 0 Å². The number of aromatic nitrogens is 2. The van der Waals surface area contributed by atoms with Gasteiger partial charge in [0.1, 0.15) is 5.82 Å². The van der Waals surface area contributed by atoms with Crippen molar-refractivity contribution in [2.45, 2.75) is 38.4 Å². The molecule has 5 nitrogen and oxygen atoms in total. The van der Waals surface area contributed by atoms with Crippen molar-refractivity contribution in [3.8, 4) is 11.1 Å². The Morgan fingerprint density at radius 2 is 1.74 bits per heavy atom. The summed E-state index contributed by atoms with van der Waals surface area (Å²) in [4.78, 5) is 19.5. The number of carbonyl (C=O) groups is 1. The number of anilines is 1. The highest BCUT2D eigenvalue weighted by Crippen LogP contribution is 2.33. The molecule has 31 heavy (non-hydrogen) atoms. The molecular weight excluding hydrogens is 407 g/mol. The Morgan fingerprint density at radius 1 is 1.00 bits per heavy atom. The summed E-state index contributed by atoms with van der Waals surface area (Å²) in [5, 5.41) is 12.8. The Balaban J connectivity index is 1.71. The molecule has 0 spiro atoms. The van der Waals surface area contributed by atoms with E-state index in [1.807, 2.05) is 30.3 Å². The molecule has 0 radical (unpaired) electrons. The van der Waals surface area contributed by atoms with Gasteiger partial charge in [-0.05, 0) is 42.4 Å². The Morgan fingerprint density at radius 3 is 2.45 bits per heavy atom. The number of nitrogens with one attached hydrogen (secondary N) is 1. The molecule has 3 aromatic rings. The van der Waals surface area contributed by atoms with Crippen LogP contribution < -0.4 is 5.32 Å². The first-order valence-electron chi connectivity index (χ1n) is 9.96. The second kappa shape index (κ2) is 8.37. The highest BCUT2D eigenvalue weighted by atomic mass is 19.4. The van der Waals surface area contributed by atoms with Gasteiger partial charge in [-0.1, -0.05) is 48.5 Å². The maximum Gasteiger partial charge on any atom is 0.451 e. The molecule has 8 heteroatoms. The summed E-state index contributed by atoms with van der Waals surface area (Å²) in [6.07, 6.45) is -1.96. The van der Waals surface area contributed by atoms with Gasteiger partial charge in [0.05, 0.1) is 5.56 Å². The minimum absolute atomic E-state index is 0.0308. The smallest absolute Gasteiger partial charge is 0.451 e. The van der Waals surface area contributed by atoms with Gasteiger partial charge in [-0.25, -0.2) is 14.8 Å². The van der Waals surface area contributed by atoms with Crippen molar-refractivity contribution in [3.05, 3.63) is 76.7 Å². The van der Waals surface area contributed by atoms with Crippen LogP contribution in [0.3, 0.4) is 0 Å². The first-order chi connectivity index (χ1) is 14.8. The van der Waals surface area contributed by atoms with Gasteiger partial charge in [-0.15, -0.1) is 0 Å². The van der Waals surface area contributed by atoms with Crippen molar-refractivity contribution < 1.29 is 23.1 Å². The van der Waals surface area contributed by atoms with E-state index >= 15 is 0 Å². The van der Waals surface area contributed by atoms with Crippen molar-refractivity contribution in [1.82, 2.24) is 9.97 Å². The summed E-state index contributed by atoms with van der Waals surface area (Å²) in [6, 6.07) is 14.2. The number of rotatable bonds is 5. The lowest BCUT2D eigenvalue weighted by Crippen LogP contribution is -2.20. The van der Waals surface area contributed by atoms with Gasteiger partial charge in [-0.3, -0.25) is 0 Å². The Bertz CT molecular complexity index is 1120. The summed E-state index contributed by atoms with van der Waals surface area (Å²) in [5.74, 6) is -2.15. The van der Waals surface area contributed by atoms with Gasteiger partial charge in [-0.2, -0.15) is 13.2 Å². The zero-order valence-electron chi connectivity index (χ0n) is 16.5. The van der Waals surface area contributed by atoms with E-state index in [-0.39, 0.29) is 17.9 Å². The van der Waals surface area contributed by atoms with Crippen LogP contribution in [0.1, 0.15) is 45.8 Å². The highest BCUT2D eigenvalue weighted by molar-refractivity contribution is 5.97. The minimum Gasteiger partial charge on any atom is -0.478 e. The summed E-state index contributed by atoms with van der Waals surface area (Å²) >= 11 is 0. The van der Waals surface area contributed by atoms with Crippen LogP contribution in [-0.4, -0.2) is 21.0 Å². The van der Waals surface area contributed by atoms with Gasteiger partial charge >= 0.3 is 12.1 Å². The molecule has 2 N–H and O–H groups in total. The lowest BCUT2D eigenvalue weighted by atomic mass is 9.94. The molecular formula is C23H20F3N3O2. The predicted molar refractivity (Wildman–Crippen MR) is 110 cm³/mol. The largest absolute Gasteiger partial charge is 0.478 e. The van der Waals surface area contributed by atoms with E-state index in [4.69, 9.17) is 0 Å². The topological polar surface area (TPSA) is 75.1 Å². The summed E-state index contributed by atoms with van der Waals surface area (Å²) in [6.45, 7) is 0.0308. The third-order valence-corrected chi connectivity index (χ3v) is 5.33. The number of nitrogens with zero attached hydrogens (tertiary/aromatic N) is 2. The van der Waals surface area contributed by atoms with Gasteiger partial charge in [0, 0.05) is 17.8 Å². The minimum atomic E-state index is -4.65. The van der Waals surface area contributed by atoms with E-state index in [1.165, 1.54) is 0 Å². The number of halogens is 3. The standard InChI is InChI=1S/C23H20F3N3O2/c24-23(25,26)22-28-18-12-5-4-10-17(18)20(29-22)27-13-15-9-6-11-16(19(15)21(30)31)14-7-2-1-3-8-14/h1-3,6-9,11H,4-5,10,12-13H2,(H,30,31)(H,27,28,29). The van der Waals surface area contributed by atoms with E-state index in [1.54, 1.807) is 18.2 Å². The number of carboxylic acid groups (broad SMARTS) is 1. The fraction of sp³-hybridized carbons (Fsp3) is 0.261. The zero-order chi connectivity index (χ0) is 22.0. The van der Waals surface area contributed by atoms with Crippen LogP contribution in [0.4, 0.5) is 19.0 Å². The van der Waals surface area contributed by atoms with Crippen molar-refractivity contribution in [2.24, 2.45) is 0 Å². The second-order valence-electron chi connectivity index (χ2n) is 7.39. The number of fused-ring (bicyclic) bond motifs is 1. The number of carboxylic acids is 1. The SMILES string of the molecule is O=C(O)c1c(CNc2nc(C(F)(F)F)nc3c2CCCC3)cccc1-c1ccccc1. The monoisotopic (exact) mass is 427 g/mol. The van der Waals surface area contributed by atoms with Crippen LogP contribution >= 0.6 is 0 Å². The summed E-state index contributed by atoms with van der Waals surface area (Å²) in [5.41, 5.74) is 2.96. The molecule has 1 heterocycles. The molecule has 0 fully saturated rings. The van der Waals surface area contributed by atoms with Crippen molar-refractivity contribution in [3.63, 3.8) is 0 Å². The molecule has 0 aliphatic heterocycles. The average Bonchev–Trinajstić information content (AvgIpc) is 2.76. The van der Waals surface area contributed by atoms with Gasteiger partial charge < -0.3 is 10.4 Å². The Labute approximate surface area is 177 Å². The second-order valence-corrected chi connectivity index (χ2v) is 7.39. The fourth-order valence-corrected chi connectivity index (χ4v) is 3.90. The predicted octanol–water partition coefficient (Wildman–Crippen LogP) is 5.35. The Kier molecular flexibility index (Phi) is 5.63. The molecule has 2 aromatic carbocycles. The van der Waals surface area contributed by atoms with Gasteiger partial charge in [0.2, 0.25) is 5.82 Å². The Hall–Kier alpha value is -3.42. The highest BCUT2D eigenvalue weighted by Gasteiger charge is 2.36. The van der Waals surface area contributed by atoms with Crippen molar-refractivity contribution in [1.29, 1.82) is 0 Å². The van der Waals surface area contributed by atoms with Crippen LogP contribution in [0.15, 0.2) is 48.5 Å². The van der Waals surface area contributed by atoms with Crippen LogP contribution in [0.5, 0.6) is 0 Å². The number of hydrogen-bond donors (Lipinski definition) is 2. The summed E-state index contributed by atoms with van der Waals surface area (Å²) < 4.78 is 39.8. The van der Waals surface area contributed by atoms with E-state index in [0.29, 0.717) is 35.2 Å². The van der Waals surface area contributed by atoms with Gasteiger partial charge in [0.25, 0.3) is 0 Å². The number of hydrogen-bond acceptors (Lipinski definition) is 4. The number of benzene rings is 2. The molecule has 1 aliphatic rings. The molecule has 160 valence electrons. The van der Waals surface area contributed by atoms with E-state index in [0.717, 1.165) is 18.4 Å². The molecule has 0 bridgehead atoms. The first-order valence-corrected chi connectivity index (χ1v) is 9.96. The first kappa shape index (κ1) is 20.8.